The van der Waals surface area contributed by atoms with Gasteiger partial charge in [0.1, 0.15) is 0 Å². The van der Waals surface area contributed by atoms with Crippen LogP contribution in [0.15, 0.2) is 0 Å². The first-order valence-electron chi connectivity index (χ1n) is 6.79. The lowest BCUT2D eigenvalue weighted by molar-refractivity contribution is 0.406. The van der Waals surface area contributed by atoms with Gasteiger partial charge in [-0.2, -0.15) is 0 Å². The quantitative estimate of drug-likeness (QED) is 0.764. The van der Waals surface area contributed by atoms with E-state index in [1.54, 1.807) is 0 Å². The highest BCUT2D eigenvalue weighted by Gasteiger charge is 2.63. The highest BCUT2D eigenvalue weighted by Crippen LogP contribution is 2.67. The Kier molecular flexibility index (Phi) is 3.09. The summed E-state index contributed by atoms with van der Waals surface area (Å²) >= 11 is 0. The second kappa shape index (κ2) is 3.99. The predicted molar refractivity (Wildman–Crippen MR) is 69.4 cm³/mol. The predicted octanol–water partition coefficient (Wildman–Crippen LogP) is 2.11. The van der Waals surface area contributed by atoms with Gasteiger partial charge in [-0.1, -0.05) is 34.6 Å². The molecule has 1 heterocycles. The highest BCUT2D eigenvalue weighted by molar-refractivity contribution is 5.12. The third kappa shape index (κ3) is 1.91. The first-order chi connectivity index (χ1) is 7.37. The number of hydrogen-bond donors (Lipinski definition) is 2. The molecule has 0 amide bonds. The lowest BCUT2D eigenvalue weighted by Gasteiger charge is -2.15. The molecule has 2 fully saturated rings. The van der Waals surface area contributed by atoms with Crippen LogP contribution in [0, 0.1) is 28.6 Å². The minimum atomic E-state index is 0.527. The molecule has 2 unspecified atom stereocenters. The van der Waals surface area contributed by atoms with Crippen molar-refractivity contribution in [3.05, 3.63) is 0 Å². The Balaban J connectivity index is 1.70. The fourth-order valence-electron chi connectivity index (χ4n) is 3.39. The molecular weight excluding hydrogens is 196 g/mol. The van der Waals surface area contributed by atoms with E-state index in [1.807, 2.05) is 0 Å². The summed E-state index contributed by atoms with van der Waals surface area (Å²) < 4.78 is 0. The van der Waals surface area contributed by atoms with Gasteiger partial charge in [-0.3, -0.25) is 0 Å². The van der Waals surface area contributed by atoms with Crippen LogP contribution in [0.2, 0.25) is 0 Å². The molecule has 2 N–H and O–H groups in total. The van der Waals surface area contributed by atoms with E-state index in [0.29, 0.717) is 10.8 Å². The minimum Gasteiger partial charge on any atom is -0.316 e. The van der Waals surface area contributed by atoms with Crippen molar-refractivity contribution in [3.8, 4) is 0 Å². The van der Waals surface area contributed by atoms with Gasteiger partial charge in [-0.25, -0.2) is 0 Å². The molecule has 94 valence electrons. The maximum atomic E-state index is 3.69. The molecule has 2 atom stereocenters. The van der Waals surface area contributed by atoms with E-state index in [9.17, 15) is 0 Å². The SMILES string of the molecule is CC1CNCC1CNCC1C(C)(C)C1(C)C. The van der Waals surface area contributed by atoms with Crippen molar-refractivity contribution in [3.63, 3.8) is 0 Å². The van der Waals surface area contributed by atoms with Crippen LogP contribution >= 0.6 is 0 Å². The average molecular weight is 224 g/mol. The summed E-state index contributed by atoms with van der Waals surface area (Å²) in [5.41, 5.74) is 1.05. The average Bonchev–Trinajstić information content (AvgIpc) is 2.52. The zero-order valence-corrected chi connectivity index (χ0v) is 11.6. The maximum absolute atomic E-state index is 3.69. The van der Waals surface area contributed by atoms with E-state index in [2.05, 4.69) is 45.3 Å². The van der Waals surface area contributed by atoms with Gasteiger partial charge in [0.2, 0.25) is 0 Å². The zero-order valence-electron chi connectivity index (χ0n) is 11.6. The summed E-state index contributed by atoms with van der Waals surface area (Å²) in [6.45, 7) is 16.8. The van der Waals surface area contributed by atoms with E-state index in [0.717, 1.165) is 17.8 Å². The Bertz CT molecular complexity index is 243. The van der Waals surface area contributed by atoms with Crippen LogP contribution in [0.3, 0.4) is 0 Å². The van der Waals surface area contributed by atoms with Crippen LogP contribution in [-0.2, 0) is 0 Å². The Hall–Kier alpha value is -0.0800. The van der Waals surface area contributed by atoms with Crippen molar-refractivity contribution in [2.75, 3.05) is 26.2 Å². The molecule has 2 rings (SSSR count). The molecule has 0 aromatic heterocycles. The van der Waals surface area contributed by atoms with E-state index in [4.69, 9.17) is 0 Å². The molecule has 2 heteroatoms. The van der Waals surface area contributed by atoms with Crippen molar-refractivity contribution in [2.24, 2.45) is 28.6 Å². The van der Waals surface area contributed by atoms with Gasteiger partial charge in [0.05, 0.1) is 0 Å². The molecule has 0 radical (unpaired) electrons. The number of nitrogens with one attached hydrogen (secondary N) is 2. The van der Waals surface area contributed by atoms with Crippen molar-refractivity contribution in [1.82, 2.24) is 10.6 Å². The second-order valence-electron chi connectivity index (χ2n) is 7.05. The standard InChI is InChI=1S/C14H28N2/c1-10-6-15-7-11(10)8-16-9-12-13(2,3)14(12,4)5/h10-12,15-16H,6-9H2,1-5H3. The smallest absolute Gasteiger partial charge is 0.000522 e. The van der Waals surface area contributed by atoms with Gasteiger partial charge < -0.3 is 10.6 Å². The van der Waals surface area contributed by atoms with Crippen LogP contribution < -0.4 is 10.6 Å². The molecule has 1 aliphatic carbocycles. The Labute approximate surface area is 101 Å². The fourth-order valence-corrected chi connectivity index (χ4v) is 3.39. The third-order valence-corrected chi connectivity index (χ3v) is 5.75. The highest BCUT2D eigenvalue weighted by atomic mass is 15.0. The molecule has 0 bridgehead atoms. The van der Waals surface area contributed by atoms with E-state index in [1.165, 1.54) is 26.2 Å². The molecule has 0 aromatic carbocycles. The monoisotopic (exact) mass is 224 g/mol. The van der Waals surface area contributed by atoms with E-state index < -0.39 is 0 Å². The zero-order chi connectivity index (χ0) is 12.0. The molecule has 1 aliphatic heterocycles. The van der Waals surface area contributed by atoms with Crippen LogP contribution in [0.4, 0.5) is 0 Å². The number of hydrogen-bond acceptors (Lipinski definition) is 2. The molecule has 2 aliphatic rings. The van der Waals surface area contributed by atoms with Gasteiger partial charge in [-0.05, 0) is 54.8 Å². The lowest BCUT2D eigenvalue weighted by Crippen LogP contribution is -2.29. The van der Waals surface area contributed by atoms with Crippen molar-refractivity contribution < 1.29 is 0 Å². The Morgan fingerprint density at radius 3 is 2.12 bits per heavy atom. The fraction of sp³-hybridized carbons (Fsp3) is 1.00. The first kappa shape index (κ1) is 12.4. The van der Waals surface area contributed by atoms with Gasteiger partial charge in [-0.15, -0.1) is 0 Å². The first-order valence-corrected chi connectivity index (χ1v) is 6.79. The van der Waals surface area contributed by atoms with Gasteiger partial charge in [0.15, 0.2) is 0 Å². The van der Waals surface area contributed by atoms with Gasteiger partial charge in [0.25, 0.3) is 0 Å². The Morgan fingerprint density at radius 2 is 1.69 bits per heavy atom. The summed E-state index contributed by atoms with van der Waals surface area (Å²) in [5, 5.41) is 7.16. The summed E-state index contributed by atoms with van der Waals surface area (Å²) in [6.07, 6.45) is 0. The van der Waals surface area contributed by atoms with Crippen LogP contribution in [-0.4, -0.2) is 26.2 Å². The molecule has 0 spiro atoms. The summed E-state index contributed by atoms with van der Waals surface area (Å²) in [6, 6.07) is 0. The number of rotatable bonds is 4. The van der Waals surface area contributed by atoms with Crippen molar-refractivity contribution in [1.29, 1.82) is 0 Å². The van der Waals surface area contributed by atoms with E-state index in [-0.39, 0.29) is 0 Å². The van der Waals surface area contributed by atoms with E-state index >= 15 is 0 Å². The molecular formula is C14H28N2. The van der Waals surface area contributed by atoms with Crippen molar-refractivity contribution in [2.45, 2.75) is 34.6 Å². The van der Waals surface area contributed by atoms with Gasteiger partial charge >= 0.3 is 0 Å². The second-order valence-corrected chi connectivity index (χ2v) is 7.05. The maximum Gasteiger partial charge on any atom is -0.000522 e. The molecule has 1 saturated carbocycles. The topological polar surface area (TPSA) is 24.1 Å². The van der Waals surface area contributed by atoms with Crippen LogP contribution in [0.5, 0.6) is 0 Å². The largest absolute Gasteiger partial charge is 0.316 e. The van der Waals surface area contributed by atoms with Crippen LogP contribution in [0.25, 0.3) is 0 Å². The third-order valence-electron chi connectivity index (χ3n) is 5.75. The molecule has 16 heavy (non-hydrogen) atoms. The molecule has 1 saturated heterocycles. The molecule has 2 nitrogen and oxygen atoms in total. The Morgan fingerprint density at radius 1 is 1.06 bits per heavy atom. The summed E-state index contributed by atoms with van der Waals surface area (Å²) in [7, 11) is 0. The van der Waals surface area contributed by atoms with Gasteiger partial charge in [0, 0.05) is 0 Å². The normalized spacial score (nSPS) is 36.6. The molecule has 0 aromatic rings. The minimum absolute atomic E-state index is 0.527. The lowest BCUT2D eigenvalue weighted by atomic mass is 9.98. The van der Waals surface area contributed by atoms with Crippen molar-refractivity contribution >= 4 is 0 Å². The summed E-state index contributed by atoms with van der Waals surface area (Å²) in [5.74, 6) is 2.53. The summed E-state index contributed by atoms with van der Waals surface area (Å²) in [4.78, 5) is 0. The van der Waals surface area contributed by atoms with Crippen LogP contribution in [0.1, 0.15) is 34.6 Å².